The van der Waals surface area contributed by atoms with Crippen LogP contribution in [0.4, 0.5) is 24.7 Å². The van der Waals surface area contributed by atoms with Gasteiger partial charge in [-0.15, -0.1) is 0 Å². The van der Waals surface area contributed by atoms with Gasteiger partial charge >= 0.3 is 0 Å². The van der Waals surface area contributed by atoms with E-state index in [2.05, 4.69) is 25.6 Å². The molecule has 4 heterocycles. The van der Waals surface area contributed by atoms with Crippen molar-refractivity contribution in [2.24, 2.45) is 16.1 Å². The number of fused-ring (bicyclic) bond motifs is 3. The molecule has 5 N–H and O–H groups in total. The molecule has 2 unspecified atom stereocenters. The molecule has 6 rings (SSSR count). The standard InChI is InChI=1S/C22H22F3N7O/c1-27-13-5-12(24)17(25)15-16-19(29-18(13)15)30-21(33-11-4-10(23)6-28-7-11)31-20(16)32-8-14(26)22(9-32)2-3-22/h4-7,14,21,27,29-30H,2-3,8-9,26H2,1H3. The molecule has 3 aliphatic rings. The maximum absolute atomic E-state index is 15.1. The van der Waals surface area contributed by atoms with Crippen LogP contribution in [0.15, 0.2) is 29.5 Å². The molecule has 1 aliphatic carbocycles. The van der Waals surface area contributed by atoms with Crippen LogP contribution in [0.2, 0.25) is 0 Å². The van der Waals surface area contributed by atoms with Gasteiger partial charge in [-0.1, -0.05) is 0 Å². The number of aliphatic imine (C=N–C) groups is 1. The van der Waals surface area contributed by atoms with Gasteiger partial charge in [-0.2, -0.15) is 0 Å². The van der Waals surface area contributed by atoms with Crippen molar-refractivity contribution in [3.05, 3.63) is 47.5 Å². The summed E-state index contributed by atoms with van der Waals surface area (Å²) in [6.45, 7) is 1.21. The van der Waals surface area contributed by atoms with Crippen molar-refractivity contribution in [3.8, 4) is 5.75 Å². The molecule has 2 fully saturated rings. The van der Waals surface area contributed by atoms with E-state index in [1.807, 2.05) is 4.90 Å². The summed E-state index contributed by atoms with van der Waals surface area (Å²) in [6.07, 6.45) is 3.56. The van der Waals surface area contributed by atoms with Gasteiger partial charge in [0.2, 0.25) is 0 Å². The second-order valence-electron chi connectivity index (χ2n) is 8.85. The fraction of sp³-hybridized carbons (Fsp3) is 0.364. The van der Waals surface area contributed by atoms with E-state index in [9.17, 15) is 8.78 Å². The number of nitrogens with one attached hydrogen (secondary N) is 3. The third-order valence-corrected chi connectivity index (χ3v) is 6.80. The number of benzene rings is 1. The van der Waals surface area contributed by atoms with Crippen LogP contribution < -0.4 is 21.1 Å². The number of aromatic amines is 1. The Balaban J connectivity index is 1.49. The Labute approximate surface area is 187 Å². The maximum Gasteiger partial charge on any atom is 0.271 e. The molecule has 11 heteroatoms. The second kappa shape index (κ2) is 7.01. The first-order chi connectivity index (χ1) is 15.9. The van der Waals surface area contributed by atoms with Gasteiger partial charge in [-0.25, -0.2) is 18.2 Å². The number of H-pyrrole nitrogens is 1. The predicted molar refractivity (Wildman–Crippen MR) is 118 cm³/mol. The highest BCUT2D eigenvalue weighted by atomic mass is 19.2. The summed E-state index contributed by atoms with van der Waals surface area (Å²) < 4.78 is 49.0. The molecule has 0 bridgehead atoms. The van der Waals surface area contributed by atoms with Gasteiger partial charge in [-0.05, 0) is 12.8 Å². The van der Waals surface area contributed by atoms with Crippen LogP contribution in [0.1, 0.15) is 18.4 Å². The molecule has 0 radical (unpaired) electrons. The van der Waals surface area contributed by atoms with Crippen molar-refractivity contribution in [1.82, 2.24) is 14.9 Å². The molecular formula is C22H22F3N7O. The van der Waals surface area contributed by atoms with E-state index >= 15 is 4.39 Å². The van der Waals surface area contributed by atoms with E-state index in [1.54, 1.807) is 7.05 Å². The van der Waals surface area contributed by atoms with Crippen molar-refractivity contribution in [2.45, 2.75) is 25.2 Å². The number of rotatable bonds is 3. The smallest absolute Gasteiger partial charge is 0.271 e. The lowest BCUT2D eigenvalue weighted by atomic mass is 10.0. The number of nitrogens with two attached hydrogens (primary N) is 1. The van der Waals surface area contributed by atoms with Gasteiger partial charge < -0.3 is 31.0 Å². The van der Waals surface area contributed by atoms with E-state index in [4.69, 9.17) is 10.5 Å². The van der Waals surface area contributed by atoms with Crippen molar-refractivity contribution >= 4 is 28.2 Å². The Morgan fingerprint density at radius 2 is 2.06 bits per heavy atom. The topological polar surface area (TPSA) is 104 Å². The first kappa shape index (κ1) is 20.2. The van der Waals surface area contributed by atoms with E-state index in [0.29, 0.717) is 41.5 Å². The second-order valence-corrected chi connectivity index (χ2v) is 8.85. The number of nitrogens with zero attached hydrogens (tertiary/aromatic N) is 3. The first-order valence-corrected chi connectivity index (χ1v) is 10.7. The summed E-state index contributed by atoms with van der Waals surface area (Å²) in [4.78, 5) is 13.6. The van der Waals surface area contributed by atoms with Gasteiger partial charge in [0, 0.05) is 43.7 Å². The first-order valence-electron chi connectivity index (χ1n) is 10.7. The Bertz CT molecular complexity index is 1300. The predicted octanol–water partition coefficient (Wildman–Crippen LogP) is 2.98. The molecule has 0 amide bonds. The monoisotopic (exact) mass is 457 g/mol. The van der Waals surface area contributed by atoms with Crippen LogP contribution in [-0.2, 0) is 0 Å². The summed E-state index contributed by atoms with van der Waals surface area (Å²) in [5.74, 6) is -1.41. The number of hydrogen-bond donors (Lipinski definition) is 4. The number of amidine groups is 1. The fourth-order valence-electron chi connectivity index (χ4n) is 4.89. The number of pyridine rings is 1. The van der Waals surface area contributed by atoms with E-state index < -0.39 is 23.8 Å². The molecule has 2 aromatic heterocycles. The Morgan fingerprint density at radius 1 is 1.24 bits per heavy atom. The highest BCUT2D eigenvalue weighted by Crippen LogP contribution is 2.52. The number of anilines is 2. The maximum atomic E-state index is 15.1. The Morgan fingerprint density at radius 3 is 2.76 bits per heavy atom. The third-order valence-electron chi connectivity index (χ3n) is 6.80. The number of aromatic nitrogens is 2. The number of likely N-dealkylation sites (tertiary alicyclic amines) is 1. The minimum absolute atomic E-state index is 0.0302. The SMILES string of the molecule is CNc1cc(F)c(F)c2c3c([nH]c12)NC(Oc1cncc(F)c1)N=C3N1CC(N)C2(CC2)C1. The minimum atomic E-state index is -0.964. The zero-order chi connectivity index (χ0) is 22.9. The van der Waals surface area contributed by atoms with Gasteiger partial charge in [-0.3, -0.25) is 4.98 Å². The average molecular weight is 457 g/mol. The van der Waals surface area contributed by atoms with Crippen molar-refractivity contribution in [1.29, 1.82) is 0 Å². The van der Waals surface area contributed by atoms with Crippen LogP contribution in [0.3, 0.4) is 0 Å². The normalized spacial score (nSPS) is 22.8. The Hall–Kier alpha value is -3.47. The molecule has 1 spiro atoms. The van der Waals surface area contributed by atoms with Crippen molar-refractivity contribution < 1.29 is 17.9 Å². The van der Waals surface area contributed by atoms with Crippen LogP contribution >= 0.6 is 0 Å². The lowest BCUT2D eigenvalue weighted by Crippen LogP contribution is -2.39. The zero-order valence-electron chi connectivity index (χ0n) is 17.8. The van der Waals surface area contributed by atoms with E-state index in [1.165, 1.54) is 12.3 Å². The summed E-state index contributed by atoms with van der Waals surface area (Å²) in [5.41, 5.74) is 7.66. The molecular weight excluding hydrogens is 435 g/mol. The van der Waals surface area contributed by atoms with Gasteiger partial charge in [0.1, 0.15) is 23.2 Å². The largest absolute Gasteiger partial charge is 0.449 e. The van der Waals surface area contributed by atoms with Crippen molar-refractivity contribution in [2.75, 3.05) is 30.8 Å². The van der Waals surface area contributed by atoms with E-state index in [0.717, 1.165) is 25.1 Å². The molecule has 1 aromatic carbocycles. The molecule has 8 nitrogen and oxygen atoms in total. The average Bonchev–Trinajstić information content (AvgIpc) is 3.36. The molecule has 172 valence electrons. The summed E-state index contributed by atoms with van der Waals surface area (Å²) >= 11 is 0. The summed E-state index contributed by atoms with van der Waals surface area (Å²) in [6, 6.07) is 2.27. The molecule has 33 heavy (non-hydrogen) atoms. The lowest BCUT2D eigenvalue weighted by molar-refractivity contribution is 0.234. The number of ether oxygens (including phenoxy) is 1. The fourth-order valence-corrected chi connectivity index (χ4v) is 4.89. The third kappa shape index (κ3) is 3.10. The summed E-state index contributed by atoms with van der Waals surface area (Å²) in [7, 11) is 1.63. The van der Waals surface area contributed by atoms with E-state index in [-0.39, 0.29) is 22.6 Å². The minimum Gasteiger partial charge on any atom is -0.449 e. The van der Waals surface area contributed by atoms with Gasteiger partial charge in [0.15, 0.2) is 11.6 Å². The van der Waals surface area contributed by atoms with Gasteiger partial charge in [0.05, 0.1) is 34.5 Å². The Kier molecular flexibility index (Phi) is 4.28. The number of halogens is 3. The van der Waals surface area contributed by atoms with Crippen LogP contribution in [0, 0.1) is 22.9 Å². The highest BCUT2D eigenvalue weighted by molar-refractivity contribution is 6.17. The van der Waals surface area contributed by atoms with Crippen LogP contribution in [0.5, 0.6) is 5.75 Å². The summed E-state index contributed by atoms with van der Waals surface area (Å²) in [5, 5.41) is 6.06. The zero-order valence-corrected chi connectivity index (χ0v) is 17.8. The van der Waals surface area contributed by atoms with Crippen molar-refractivity contribution in [3.63, 3.8) is 0 Å². The molecule has 2 atom stereocenters. The highest BCUT2D eigenvalue weighted by Gasteiger charge is 2.54. The molecule has 1 saturated carbocycles. The lowest BCUT2D eigenvalue weighted by Gasteiger charge is -2.29. The van der Waals surface area contributed by atoms with Crippen LogP contribution in [-0.4, -0.2) is 53.2 Å². The van der Waals surface area contributed by atoms with Gasteiger partial charge in [0.25, 0.3) is 6.35 Å². The van der Waals surface area contributed by atoms with Crippen LogP contribution in [0.25, 0.3) is 10.9 Å². The quantitative estimate of drug-likeness (QED) is 0.482. The molecule has 3 aromatic rings. The number of hydrogen-bond acceptors (Lipinski definition) is 7. The molecule has 1 saturated heterocycles. The molecule has 2 aliphatic heterocycles.